The molecule has 5 aromatic rings. The van der Waals surface area contributed by atoms with Crippen molar-refractivity contribution in [2.45, 2.75) is 33.7 Å². The highest BCUT2D eigenvalue weighted by atomic mass is 16.5. The van der Waals surface area contributed by atoms with Gasteiger partial charge in [-0.3, -0.25) is 9.89 Å². The molecule has 0 bridgehead atoms. The van der Waals surface area contributed by atoms with Crippen LogP contribution in [0.4, 0.5) is 5.82 Å². The van der Waals surface area contributed by atoms with E-state index in [0.717, 1.165) is 39.7 Å². The largest absolute Gasteiger partial charge is 0.508 e. The highest BCUT2D eigenvalue weighted by Gasteiger charge is 2.23. The fourth-order valence-electron chi connectivity index (χ4n) is 4.36. The molecule has 3 N–H and O–H groups in total. The molecule has 3 aromatic heterocycles. The molecule has 5 rings (SSSR count). The normalized spacial score (nSPS) is 11.4. The molecule has 0 aliphatic heterocycles. The van der Waals surface area contributed by atoms with Gasteiger partial charge in [-0.1, -0.05) is 12.1 Å². The molecule has 10 nitrogen and oxygen atoms in total. The predicted molar refractivity (Wildman–Crippen MR) is 137 cm³/mol. The molecule has 2 aromatic carbocycles. The number of amides is 1. The second-order valence-electron chi connectivity index (χ2n) is 8.82. The number of carbonyl (C=O) groups excluding carboxylic acids is 1. The quantitative estimate of drug-likeness (QED) is 0.323. The highest BCUT2D eigenvalue weighted by Crippen LogP contribution is 2.31. The number of rotatable bonds is 6. The van der Waals surface area contributed by atoms with Crippen molar-refractivity contribution in [3.8, 4) is 17.1 Å². The van der Waals surface area contributed by atoms with Crippen LogP contribution in [-0.4, -0.2) is 55.3 Å². The van der Waals surface area contributed by atoms with Gasteiger partial charge in [-0.05, 0) is 56.2 Å². The third-order valence-corrected chi connectivity index (χ3v) is 6.45. The van der Waals surface area contributed by atoms with E-state index in [2.05, 4.69) is 20.7 Å². The van der Waals surface area contributed by atoms with E-state index in [-0.39, 0.29) is 23.9 Å². The Hall–Kier alpha value is -4.47. The third kappa shape index (κ3) is 3.90. The highest BCUT2D eigenvalue weighted by molar-refractivity contribution is 6.05. The molecular formula is C26H27N7O3. The van der Waals surface area contributed by atoms with Crippen LogP contribution in [-0.2, 0) is 13.0 Å². The number of nitrogens with one attached hydrogen (secondary N) is 2. The first-order valence-electron chi connectivity index (χ1n) is 11.7. The van der Waals surface area contributed by atoms with Gasteiger partial charge in [-0.15, -0.1) is 0 Å². The van der Waals surface area contributed by atoms with Gasteiger partial charge in [-0.25, -0.2) is 9.97 Å². The van der Waals surface area contributed by atoms with Crippen molar-refractivity contribution in [1.29, 1.82) is 0 Å². The fourth-order valence-corrected chi connectivity index (χ4v) is 4.36. The lowest BCUT2D eigenvalue weighted by atomic mass is 10.0. The van der Waals surface area contributed by atoms with Crippen LogP contribution in [0, 0.1) is 13.8 Å². The van der Waals surface area contributed by atoms with E-state index in [1.54, 1.807) is 26.2 Å². The first kappa shape index (κ1) is 23.3. The Balaban J connectivity index is 1.62. The van der Waals surface area contributed by atoms with Crippen LogP contribution in [0.3, 0.4) is 0 Å². The Morgan fingerprint density at radius 3 is 2.69 bits per heavy atom. The number of aromatic hydroxyl groups is 1. The number of carbonyl (C=O) groups is 1. The number of fused-ring (bicyclic) bond motifs is 2. The van der Waals surface area contributed by atoms with Gasteiger partial charge in [0.2, 0.25) is 0 Å². The van der Waals surface area contributed by atoms with E-state index >= 15 is 0 Å². The lowest BCUT2D eigenvalue weighted by molar-refractivity contribution is 0.0768. The summed E-state index contributed by atoms with van der Waals surface area (Å²) in [4.78, 5) is 24.7. The van der Waals surface area contributed by atoms with Crippen molar-refractivity contribution in [2.75, 3.05) is 19.4 Å². The summed E-state index contributed by atoms with van der Waals surface area (Å²) in [6.07, 6.45) is 0.752. The van der Waals surface area contributed by atoms with Crippen LogP contribution in [0.15, 0.2) is 34.9 Å². The van der Waals surface area contributed by atoms with E-state index in [9.17, 15) is 9.90 Å². The van der Waals surface area contributed by atoms with Crippen LogP contribution < -0.4 is 5.32 Å². The summed E-state index contributed by atoms with van der Waals surface area (Å²) in [5, 5.41) is 26.0. The van der Waals surface area contributed by atoms with Crippen molar-refractivity contribution < 1.29 is 14.4 Å². The number of phenols is 1. The standard InChI is InChI=1S/C26H27N7O3/c1-6-19-14(3)22(36-32-19)12-33(5)26(35)23-17-10-15(34)7-8-20(17)28-25(29-23)16-11-18-21(9-13(16)2)30-31-24(18)27-4/h7-11,34H,6,12H2,1-5H3,(H2,27,30,31). The minimum absolute atomic E-state index is 0.0314. The van der Waals surface area contributed by atoms with Crippen molar-refractivity contribution >= 4 is 33.5 Å². The molecular weight excluding hydrogens is 458 g/mol. The smallest absolute Gasteiger partial charge is 0.273 e. The zero-order valence-corrected chi connectivity index (χ0v) is 20.8. The number of phenolic OH excluding ortho intramolecular Hbond substituents is 1. The summed E-state index contributed by atoms with van der Waals surface area (Å²) >= 11 is 0. The molecule has 3 heterocycles. The second-order valence-corrected chi connectivity index (χ2v) is 8.82. The van der Waals surface area contributed by atoms with Crippen LogP contribution >= 0.6 is 0 Å². The summed E-state index contributed by atoms with van der Waals surface area (Å²) in [5.41, 5.74) is 5.16. The molecule has 10 heteroatoms. The van der Waals surface area contributed by atoms with Crippen molar-refractivity contribution in [2.24, 2.45) is 0 Å². The van der Waals surface area contributed by atoms with Gasteiger partial charge in [0.15, 0.2) is 17.4 Å². The summed E-state index contributed by atoms with van der Waals surface area (Å²) in [6.45, 7) is 6.15. The van der Waals surface area contributed by atoms with Crippen molar-refractivity contribution in [1.82, 2.24) is 30.2 Å². The first-order valence-corrected chi connectivity index (χ1v) is 11.7. The Bertz CT molecular complexity index is 1620. The van der Waals surface area contributed by atoms with E-state index in [0.29, 0.717) is 28.3 Å². The molecule has 184 valence electrons. The zero-order valence-electron chi connectivity index (χ0n) is 20.8. The van der Waals surface area contributed by atoms with Gasteiger partial charge in [0, 0.05) is 36.0 Å². The maximum absolute atomic E-state index is 13.7. The molecule has 0 saturated heterocycles. The molecule has 0 fully saturated rings. The molecule has 0 atom stereocenters. The van der Waals surface area contributed by atoms with Gasteiger partial charge in [0.1, 0.15) is 11.4 Å². The Morgan fingerprint density at radius 2 is 1.97 bits per heavy atom. The van der Waals surface area contributed by atoms with Gasteiger partial charge >= 0.3 is 0 Å². The molecule has 0 unspecified atom stereocenters. The number of aromatic nitrogens is 5. The number of aryl methyl sites for hydroxylation is 2. The van der Waals surface area contributed by atoms with Gasteiger partial charge < -0.3 is 19.8 Å². The van der Waals surface area contributed by atoms with Crippen LogP contribution in [0.5, 0.6) is 5.75 Å². The fraction of sp³-hybridized carbons (Fsp3) is 0.269. The molecule has 1 amide bonds. The molecule has 0 saturated carbocycles. The first-order chi connectivity index (χ1) is 17.3. The Kier molecular flexibility index (Phi) is 5.79. The van der Waals surface area contributed by atoms with Crippen LogP contribution in [0.2, 0.25) is 0 Å². The number of hydrogen-bond acceptors (Lipinski definition) is 8. The number of benzene rings is 2. The van der Waals surface area contributed by atoms with Gasteiger partial charge in [0.05, 0.1) is 23.3 Å². The second kappa shape index (κ2) is 8.95. The van der Waals surface area contributed by atoms with E-state index < -0.39 is 0 Å². The van der Waals surface area contributed by atoms with Gasteiger partial charge in [-0.2, -0.15) is 5.10 Å². The number of aromatic amines is 1. The average molecular weight is 486 g/mol. The van der Waals surface area contributed by atoms with E-state index in [4.69, 9.17) is 14.5 Å². The Labute approximate surface area is 207 Å². The number of nitrogens with zero attached hydrogens (tertiary/aromatic N) is 5. The maximum atomic E-state index is 13.7. The average Bonchev–Trinajstić information content (AvgIpc) is 3.44. The lowest BCUT2D eigenvalue weighted by Crippen LogP contribution is -2.27. The lowest BCUT2D eigenvalue weighted by Gasteiger charge is -2.17. The molecule has 36 heavy (non-hydrogen) atoms. The van der Waals surface area contributed by atoms with E-state index in [1.165, 1.54) is 11.0 Å². The molecule has 0 spiro atoms. The van der Waals surface area contributed by atoms with Crippen molar-refractivity contribution in [3.05, 3.63) is 58.6 Å². The summed E-state index contributed by atoms with van der Waals surface area (Å²) in [6, 6.07) is 8.69. The number of H-pyrrole nitrogens is 1. The summed E-state index contributed by atoms with van der Waals surface area (Å²) in [7, 11) is 3.49. The van der Waals surface area contributed by atoms with Crippen LogP contribution in [0.1, 0.15) is 40.0 Å². The number of hydrogen-bond donors (Lipinski definition) is 3. The maximum Gasteiger partial charge on any atom is 0.273 e. The minimum Gasteiger partial charge on any atom is -0.508 e. The summed E-state index contributed by atoms with van der Waals surface area (Å²) in [5.74, 6) is 1.47. The zero-order chi connectivity index (χ0) is 25.6. The summed E-state index contributed by atoms with van der Waals surface area (Å²) < 4.78 is 5.48. The van der Waals surface area contributed by atoms with Crippen molar-refractivity contribution in [3.63, 3.8) is 0 Å². The minimum atomic E-state index is -0.318. The van der Waals surface area contributed by atoms with Crippen LogP contribution in [0.25, 0.3) is 33.2 Å². The Morgan fingerprint density at radius 1 is 1.17 bits per heavy atom. The van der Waals surface area contributed by atoms with E-state index in [1.807, 2.05) is 32.9 Å². The molecule has 0 aliphatic rings. The topological polar surface area (TPSA) is 133 Å². The third-order valence-electron chi connectivity index (χ3n) is 6.45. The van der Waals surface area contributed by atoms with Gasteiger partial charge in [0.25, 0.3) is 5.91 Å². The molecule has 0 aliphatic carbocycles. The monoisotopic (exact) mass is 485 g/mol. The predicted octanol–water partition coefficient (Wildman–Crippen LogP) is 4.36. The molecule has 0 radical (unpaired) electrons. The SMILES string of the molecule is CCc1noc(CN(C)C(=O)c2nc(-c3cc4c(NC)n[nH]c4cc3C)nc3ccc(O)cc23)c1C. The number of anilines is 1.